The molecule has 1 aliphatic heterocycles. The lowest BCUT2D eigenvalue weighted by Gasteiger charge is -2.35. The number of piperidine rings is 1. The molecule has 0 bridgehead atoms. The van der Waals surface area contributed by atoms with Crippen molar-refractivity contribution in [1.29, 1.82) is 0 Å². The van der Waals surface area contributed by atoms with Crippen molar-refractivity contribution >= 4 is 34.9 Å². The molecule has 0 amide bonds. The van der Waals surface area contributed by atoms with Gasteiger partial charge in [0.25, 0.3) is 0 Å². The molecule has 3 N–H and O–H groups in total. The summed E-state index contributed by atoms with van der Waals surface area (Å²) >= 11 is 6.04. The van der Waals surface area contributed by atoms with Crippen LogP contribution in [0.3, 0.4) is 0 Å². The Morgan fingerprint density at radius 1 is 1.05 bits per heavy atom. The number of benzene rings is 2. The van der Waals surface area contributed by atoms with E-state index in [9.17, 15) is 5.11 Å². The first-order valence-corrected chi connectivity index (χ1v) is 14.6. The number of unbranched alkanes of at least 4 members (excludes halogenated alkanes) is 3. The molecule has 3 rings (SSSR count). The van der Waals surface area contributed by atoms with Crippen LogP contribution in [0.1, 0.15) is 82.6 Å². The summed E-state index contributed by atoms with van der Waals surface area (Å²) in [6, 6.07) is 13.3. The second-order valence-corrected chi connectivity index (χ2v) is 10.7. The zero-order valence-corrected chi connectivity index (χ0v) is 24.1. The largest absolute Gasteiger partial charge is 0.381 e. The Morgan fingerprint density at radius 3 is 2.49 bits per heavy atom. The van der Waals surface area contributed by atoms with Gasteiger partial charge in [0.1, 0.15) is 6.23 Å². The van der Waals surface area contributed by atoms with Crippen LogP contribution in [0.5, 0.6) is 0 Å². The van der Waals surface area contributed by atoms with Gasteiger partial charge in [-0.1, -0.05) is 43.1 Å². The minimum Gasteiger partial charge on any atom is -0.381 e. The maximum absolute atomic E-state index is 11.2. The Labute approximate surface area is 238 Å². The van der Waals surface area contributed by atoms with E-state index in [1.807, 2.05) is 55.6 Å². The van der Waals surface area contributed by atoms with E-state index in [0.717, 1.165) is 80.9 Å². The summed E-state index contributed by atoms with van der Waals surface area (Å²) < 4.78 is 5.83. The summed E-state index contributed by atoms with van der Waals surface area (Å²) in [7, 11) is 0. The third-order valence-electron chi connectivity index (χ3n) is 7.11. The summed E-state index contributed by atoms with van der Waals surface area (Å²) in [6.07, 6.45) is 6.74. The van der Waals surface area contributed by atoms with E-state index in [2.05, 4.69) is 11.8 Å². The van der Waals surface area contributed by atoms with Crippen LogP contribution in [0.4, 0.5) is 11.4 Å². The van der Waals surface area contributed by atoms with Crippen molar-refractivity contribution in [3.8, 4) is 0 Å². The van der Waals surface area contributed by atoms with Gasteiger partial charge in [0.15, 0.2) is 6.29 Å². The van der Waals surface area contributed by atoms with Crippen molar-refractivity contribution in [2.45, 2.75) is 77.7 Å². The van der Waals surface area contributed by atoms with E-state index in [0.29, 0.717) is 35.9 Å². The number of hydrogen-bond donors (Lipinski definition) is 3. The molecular weight excluding hydrogens is 514 g/mol. The normalized spacial score (nSPS) is 16.4. The van der Waals surface area contributed by atoms with Gasteiger partial charge in [-0.25, -0.2) is 0 Å². The molecule has 1 unspecified atom stereocenters. The van der Waals surface area contributed by atoms with E-state index in [-0.39, 0.29) is 0 Å². The number of ether oxygens (including phenoxy) is 1. The highest BCUT2D eigenvalue weighted by molar-refractivity contribution is 6.30. The van der Waals surface area contributed by atoms with E-state index in [1.165, 1.54) is 0 Å². The maximum Gasteiger partial charge on any atom is 0.151 e. The quantitative estimate of drug-likeness (QED) is 0.131. The highest BCUT2D eigenvalue weighted by atomic mass is 35.5. The lowest BCUT2D eigenvalue weighted by molar-refractivity contribution is -0.0464. The van der Waals surface area contributed by atoms with Gasteiger partial charge in [-0.3, -0.25) is 14.9 Å². The lowest BCUT2D eigenvalue weighted by Crippen LogP contribution is -2.37. The Kier molecular flexibility index (Phi) is 13.6. The molecule has 1 fully saturated rings. The summed E-state index contributed by atoms with van der Waals surface area (Å²) in [5, 5.41) is 30.0. The van der Waals surface area contributed by atoms with Gasteiger partial charge in [0.05, 0.1) is 11.4 Å². The van der Waals surface area contributed by atoms with Crippen LogP contribution < -0.4 is 0 Å². The van der Waals surface area contributed by atoms with E-state index in [4.69, 9.17) is 36.5 Å². The van der Waals surface area contributed by atoms with Gasteiger partial charge >= 0.3 is 0 Å². The Bertz CT molecular complexity index is 1050. The van der Waals surface area contributed by atoms with Gasteiger partial charge in [0, 0.05) is 43.3 Å². The SMILES string of the molecule is CCCCOCC1CCN(C(O)c2ccc(/N=C(\C)c3ccc(Cl)cc3)c(/N=C/CCCCC(O)O)c2)CC1. The third kappa shape index (κ3) is 10.7. The van der Waals surface area contributed by atoms with Crippen molar-refractivity contribution in [2.75, 3.05) is 26.3 Å². The van der Waals surface area contributed by atoms with Gasteiger partial charge in [-0.05, 0) is 93.2 Å². The van der Waals surface area contributed by atoms with Gasteiger partial charge in [-0.15, -0.1) is 0 Å². The number of aliphatic hydroxyl groups is 3. The second kappa shape index (κ2) is 16.9. The molecule has 2 aromatic rings. The molecule has 0 aliphatic carbocycles. The molecule has 0 aromatic heterocycles. The second-order valence-electron chi connectivity index (χ2n) is 10.3. The summed E-state index contributed by atoms with van der Waals surface area (Å²) in [4.78, 5) is 11.7. The number of halogens is 1. The fourth-order valence-electron chi connectivity index (χ4n) is 4.63. The first-order chi connectivity index (χ1) is 18.9. The molecule has 8 heteroatoms. The van der Waals surface area contributed by atoms with Crippen molar-refractivity contribution in [2.24, 2.45) is 15.9 Å². The van der Waals surface area contributed by atoms with Crippen molar-refractivity contribution < 1.29 is 20.1 Å². The van der Waals surface area contributed by atoms with Crippen LogP contribution in [0.2, 0.25) is 5.02 Å². The fraction of sp³-hybridized carbons (Fsp3) is 0.548. The van der Waals surface area contributed by atoms with Gasteiger partial charge in [0.2, 0.25) is 0 Å². The standard InChI is InChI=1S/C31H44ClN3O4/c1-3-4-20-39-22-24-15-18-35(19-16-24)31(38)26-11-14-28(34-23(2)25-9-12-27(32)13-10-25)29(21-26)33-17-7-5-6-8-30(36)37/h9-14,17,21,24,30-31,36-38H,3-8,15-16,18-20,22H2,1-2H3/b33-17+,34-23+. The molecule has 1 atom stereocenters. The van der Waals surface area contributed by atoms with Crippen LogP contribution in [0.15, 0.2) is 52.4 Å². The van der Waals surface area contributed by atoms with Gasteiger partial charge in [-0.2, -0.15) is 0 Å². The first-order valence-electron chi connectivity index (χ1n) is 14.2. The van der Waals surface area contributed by atoms with Gasteiger partial charge < -0.3 is 20.1 Å². The van der Waals surface area contributed by atoms with Crippen LogP contribution in [0.25, 0.3) is 0 Å². The average Bonchev–Trinajstić information content (AvgIpc) is 2.94. The van der Waals surface area contributed by atoms with E-state index in [1.54, 1.807) is 0 Å². The van der Waals surface area contributed by atoms with E-state index >= 15 is 0 Å². The topological polar surface area (TPSA) is 97.9 Å². The van der Waals surface area contributed by atoms with Crippen molar-refractivity contribution in [1.82, 2.24) is 4.90 Å². The molecule has 214 valence electrons. The molecule has 7 nitrogen and oxygen atoms in total. The predicted molar refractivity (Wildman–Crippen MR) is 160 cm³/mol. The molecule has 39 heavy (non-hydrogen) atoms. The summed E-state index contributed by atoms with van der Waals surface area (Å²) in [6.45, 7) is 7.42. The van der Waals surface area contributed by atoms with Crippen LogP contribution in [0, 0.1) is 5.92 Å². The number of hydrogen-bond acceptors (Lipinski definition) is 7. The number of aliphatic hydroxyl groups excluding tert-OH is 2. The average molecular weight is 558 g/mol. The molecule has 1 heterocycles. The highest BCUT2D eigenvalue weighted by Gasteiger charge is 2.25. The number of nitrogens with zero attached hydrogens (tertiary/aromatic N) is 3. The van der Waals surface area contributed by atoms with Crippen LogP contribution in [-0.4, -0.2) is 64.7 Å². The predicted octanol–water partition coefficient (Wildman–Crippen LogP) is 6.57. The zero-order valence-electron chi connectivity index (χ0n) is 23.3. The Morgan fingerprint density at radius 2 is 1.79 bits per heavy atom. The number of likely N-dealkylation sites (tertiary alicyclic amines) is 1. The molecule has 2 aromatic carbocycles. The Balaban J connectivity index is 1.71. The maximum atomic E-state index is 11.2. The molecule has 0 spiro atoms. The molecule has 0 saturated carbocycles. The minimum atomic E-state index is -1.27. The molecular formula is C31H44ClN3O4. The van der Waals surface area contributed by atoms with Crippen LogP contribution >= 0.6 is 11.6 Å². The van der Waals surface area contributed by atoms with Crippen molar-refractivity contribution in [3.63, 3.8) is 0 Å². The number of rotatable bonds is 15. The lowest BCUT2D eigenvalue weighted by atomic mass is 9.97. The smallest absolute Gasteiger partial charge is 0.151 e. The first kappa shape index (κ1) is 31.4. The fourth-order valence-corrected chi connectivity index (χ4v) is 4.76. The third-order valence-corrected chi connectivity index (χ3v) is 7.37. The van der Waals surface area contributed by atoms with Crippen molar-refractivity contribution in [3.05, 3.63) is 58.6 Å². The molecule has 0 radical (unpaired) electrons. The monoisotopic (exact) mass is 557 g/mol. The molecule has 1 saturated heterocycles. The minimum absolute atomic E-state index is 0.354. The Hall–Kier alpha value is -2.13. The summed E-state index contributed by atoms with van der Waals surface area (Å²) in [5.41, 5.74) is 4.04. The molecule has 1 aliphatic rings. The number of aliphatic imine (C=N–C) groups is 2. The van der Waals surface area contributed by atoms with E-state index < -0.39 is 12.5 Å². The van der Waals surface area contributed by atoms with Crippen LogP contribution in [-0.2, 0) is 4.74 Å². The highest BCUT2D eigenvalue weighted by Crippen LogP contribution is 2.34. The zero-order chi connectivity index (χ0) is 28.0. The summed E-state index contributed by atoms with van der Waals surface area (Å²) in [5.74, 6) is 0.546.